The monoisotopic (exact) mass is 310 g/mol. The Morgan fingerprint density at radius 3 is 3.00 bits per heavy atom. The maximum absolute atomic E-state index is 12.4. The quantitative estimate of drug-likeness (QED) is 0.760. The number of nitrogens with one attached hydrogen (secondary N) is 1. The summed E-state index contributed by atoms with van der Waals surface area (Å²) >= 11 is 1.34. The Morgan fingerprint density at radius 1 is 1.48 bits per heavy atom. The van der Waals surface area contributed by atoms with Crippen molar-refractivity contribution in [2.24, 2.45) is 0 Å². The van der Waals surface area contributed by atoms with Crippen molar-refractivity contribution in [3.8, 4) is 0 Å². The molecule has 9 heteroatoms. The Bertz CT molecular complexity index is 544. The SMILES string of the molecule is CCC1C(=O)NCCN1C(=O)CSc1nnnn1C1CC1. The number of carbonyl (C=O) groups excluding carboxylic acids is 2. The second-order valence-electron chi connectivity index (χ2n) is 5.23. The van der Waals surface area contributed by atoms with Gasteiger partial charge in [0.1, 0.15) is 6.04 Å². The van der Waals surface area contributed by atoms with Crippen molar-refractivity contribution in [1.29, 1.82) is 0 Å². The highest BCUT2D eigenvalue weighted by Gasteiger charge is 2.32. The van der Waals surface area contributed by atoms with Gasteiger partial charge in [0.25, 0.3) is 0 Å². The number of piperazine rings is 1. The van der Waals surface area contributed by atoms with Gasteiger partial charge in [-0.25, -0.2) is 4.68 Å². The van der Waals surface area contributed by atoms with Gasteiger partial charge in [0.15, 0.2) is 0 Å². The van der Waals surface area contributed by atoms with E-state index in [1.807, 2.05) is 6.92 Å². The standard InChI is InChI=1S/C12H18N6O2S/c1-2-9-11(20)13-5-6-17(9)10(19)7-21-12-14-15-16-18(12)8-3-4-8/h8-9H,2-7H2,1H3,(H,13,20). The lowest BCUT2D eigenvalue weighted by Gasteiger charge is -2.34. The van der Waals surface area contributed by atoms with Gasteiger partial charge in [-0.2, -0.15) is 0 Å². The molecule has 0 radical (unpaired) electrons. The van der Waals surface area contributed by atoms with Crippen LogP contribution in [0.3, 0.4) is 0 Å². The van der Waals surface area contributed by atoms with Crippen LogP contribution in [0.1, 0.15) is 32.2 Å². The molecule has 1 aliphatic carbocycles. The van der Waals surface area contributed by atoms with E-state index in [0.29, 0.717) is 30.7 Å². The third-order valence-electron chi connectivity index (χ3n) is 3.72. The van der Waals surface area contributed by atoms with E-state index in [1.54, 1.807) is 9.58 Å². The number of rotatable bonds is 5. The normalized spacial score (nSPS) is 22.2. The number of carbonyl (C=O) groups is 2. The fourth-order valence-corrected chi connectivity index (χ4v) is 3.29. The van der Waals surface area contributed by atoms with Gasteiger partial charge in [0.2, 0.25) is 17.0 Å². The predicted molar refractivity (Wildman–Crippen MR) is 75.6 cm³/mol. The van der Waals surface area contributed by atoms with Gasteiger partial charge in [0.05, 0.1) is 11.8 Å². The van der Waals surface area contributed by atoms with Crippen molar-refractivity contribution in [3.63, 3.8) is 0 Å². The van der Waals surface area contributed by atoms with E-state index in [4.69, 9.17) is 0 Å². The lowest BCUT2D eigenvalue weighted by molar-refractivity contribution is -0.141. The molecule has 1 N–H and O–H groups in total. The van der Waals surface area contributed by atoms with Gasteiger partial charge >= 0.3 is 0 Å². The van der Waals surface area contributed by atoms with E-state index in [2.05, 4.69) is 20.8 Å². The van der Waals surface area contributed by atoms with Crippen LogP contribution in [0.5, 0.6) is 0 Å². The Morgan fingerprint density at radius 2 is 2.29 bits per heavy atom. The minimum Gasteiger partial charge on any atom is -0.353 e. The molecule has 8 nitrogen and oxygen atoms in total. The van der Waals surface area contributed by atoms with Crippen LogP contribution in [-0.4, -0.2) is 61.8 Å². The summed E-state index contributed by atoms with van der Waals surface area (Å²) < 4.78 is 1.79. The van der Waals surface area contributed by atoms with E-state index >= 15 is 0 Å². The van der Waals surface area contributed by atoms with Gasteiger partial charge in [0, 0.05) is 13.1 Å². The van der Waals surface area contributed by atoms with Crippen molar-refractivity contribution >= 4 is 23.6 Å². The highest BCUT2D eigenvalue weighted by Crippen LogP contribution is 2.36. The van der Waals surface area contributed by atoms with Gasteiger partial charge in [-0.15, -0.1) is 5.10 Å². The van der Waals surface area contributed by atoms with Gasteiger partial charge < -0.3 is 10.2 Å². The second kappa shape index (κ2) is 6.00. The number of amides is 2. The van der Waals surface area contributed by atoms with Gasteiger partial charge in [-0.1, -0.05) is 18.7 Å². The summed E-state index contributed by atoms with van der Waals surface area (Å²) in [5, 5.41) is 15.1. The molecule has 2 heterocycles. The minimum atomic E-state index is -0.355. The van der Waals surface area contributed by atoms with Crippen LogP contribution < -0.4 is 5.32 Å². The van der Waals surface area contributed by atoms with Crippen molar-refractivity contribution < 1.29 is 9.59 Å². The minimum absolute atomic E-state index is 0.0351. The Hall–Kier alpha value is -1.64. The fraction of sp³-hybridized carbons (Fsp3) is 0.750. The second-order valence-corrected chi connectivity index (χ2v) is 6.17. The van der Waals surface area contributed by atoms with E-state index in [9.17, 15) is 9.59 Å². The summed E-state index contributed by atoms with van der Waals surface area (Å²) in [6, 6.07) is 0.0352. The van der Waals surface area contributed by atoms with Crippen LogP contribution in [0.25, 0.3) is 0 Å². The first-order valence-corrected chi connectivity index (χ1v) is 8.17. The molecule has 0 bridgehead atoms. The number of hydrogen-bond donors (Lipinski definition) is 1. The van der Waals surface area contributed by atoms with Crippen LogP contribution in [0, 0.1) is 0 Å². The molecule has 1 saturated heterocycles. The highest BCUT2D eigenvalue weighted by atomic mass is 32.2. The molecule has 2 amide bonds. The molecule has 3 rings (SSSR count). The largest absolute Gasteiger partial charge is 0.353 e. The molecule has 21 heavy (non-hydrogen) atoms. The topological polar surface area (TPSA) is 93.0 Å². The van der Waals surface area contributed by atoms with Gasteiger partial charge in [-0.3, -0.25) is 9.59 Å². The van der Waals surface area contributed by atoms with Crippen molar-refractivity contribution in [2.75, 3.05) is 18.8 Å². The van der Waals surface area contributed by atoms with Crippen LogP contribution in [0.2, 0.25) is 0 Å². The van der Waals surface area contributed by atoms with Crippen LogP contribution >= 0.6 is 11.8 Å². The van der Waals surface area contributed by atoms with Crippen LogP contribution in [0.4, 0.5) is 0 Å². The van der Waals surface area contributed by atoms with Crippen LogP contribution in [-0.2, 0) is 9.59 Å². The predicted octanol–water partition coefficient (Wildman–Crippen LogP) is -0.163. The number of aromatic nitrogens is 4. The van der Waals surface area contributed by atoms with Crippen molar-refractivity contribution in [1.82, 2.24) is 30.4 Å². The average Bonchev–Trinajstić information content (AvgIpc) is 3.23. The maximum atomic E-state index is 12.4. The first kappa shape index (κ1) is 14.3. The molecule has 114 valence electrons. The van der Waals surface area contributed by atoms with E-state index in [0.717, 1.165) is 12.8 Å². The molecular weight excluding hydrogens is 292 g/mol. The maximum Gasteiger partial charge on any atom is 0.242 e. The van der Waals surface area contributed by atoms with Crippen molar-refractivity contribution in [3.05, 3.63) is 0 Å². The summed E-state index contributed by atoms with van der Waals surface area (Å²) in [6.45, 7) is 3.00. The molecule has 2 fully saturated rings. The van der Waals surface area contributed by atoms with E-state index < -0.39 is 0 Å². The van der Waals surface area contributed by atoms with Crippen LogP contribution in [0.15, 0.2) is 5.16 Å². The third-order valence-corrected chi connectivity index (χ3v) is 4.64. The Labute approximate surface area is 126 Å². The molecule has 1 aliphatic heterocycles. The first-order valence-electron chi connectivity index (χ1n) is 7.18. The first-order chi connectivity index (χ1) is 10.2. The molecular formula is C12H18N6O2S. The smallest absolute Gasteiger partial charge is 0.242 e. The zero-order valence-corrected chi connectivity index (χ0v) is 12.7. The molecule has 0 spiro atoms. The van der Waals surface area contributed by atoms with E-state index in [-0.39, 0.29) is 23.6 Å². The Balaban J connectivity index is 1.60. The molecule has 1 unspecified atom stereocenters. The van der Waals surface area contributed by atoms with Gasteiger partial charge in [-0.05, 0) is 29.7 Å². The molecule has 1 atom stereocenters. The number of nitrogens with zero attached hydrogens (tertiary/aromatic N) is 5. The lowest BCUT2D eigenvalue weighted by atomic mass is 10.1. The molecule has 1 saturated carbocycles. The summed E-state index contributed by atoms with van der Waals surface area (Å²) in [6.07, 6.45) is 2.82. The molecule has 1 aromatic rings. The summed E-state index contributed by atoms with van der Waals surface area (Å²) in [7, 11) is 0. The third kappa shape index (κ3) is 3.02. The molecule has 1 aromatic heterocycles. The zero-order chi connectivity index (χ0) is 14.8. The average molecular weight is 310 g/mol. The number of tetrazole rings is 1. The van der Waals surface area contributed by atoms with E-state index in [1.165, 1.54) is 11.8 Å². The fourth-order valence-electron chi connectivity index (χ4n) is 2.46. The van der Waals surface area contributed by atoms with Crippen molar-refractivity contribution in [2.45, 2.75) is 43.4 Å². The zero-order valence-electron chi connectivity index (χ0n) is 11.9. The summed E-state index contributed by atoms with van der Waals surface area (Å²) in [4.78, 5) is 25.8. The lowest BCUT2D eigenvalue weighted by Crippen LogP contribution is -2.57. The molecule has 0 aromatic carbocycles. The number of hydrogen-bond acceptors (Lipinski definition) is 6. The summed E-state index contributed by atoms with van der Waals surface area (Å²) in [5.41, 5.74) is 0. The highest BCUT2D eigenvalue weighted by molar-refractivity contribution is 7.99. The summed E-state index contributed by atoms with van der Waals surface area (Å²) in [5.74, 6) is 0.161. The number of thioether (sulfide) groups is 1. The molecule has 2 aliphatic rings. The Kier molecular flexibility index (Phi) is 4.09.